The molecule has 0 radical (unpaired) electrons. The van der Waals surface area contributed by atoms with Gasteiger partial charge < -0.3 is 0 Å². The maximum atomic E-state index is 13.4. The Labute approximate surface area is 78.0 Å². The van der Waals surface area contributed by atoms with E-state index < -0.39 is 0 Å². The molecule has 1 nitrogen and oxygen atoms in total. The van der Waals surface area contributed by atoms with Gasteiger partial charge in [-0.05, 0) is 24.5 Å². The van der Waals surface area contributed by atoms with Crippen molar-refractivity contribution < 1.29 is 4.39 Å². The number of halogens is 1. The first kappa shape index (κ1) is 9.73. The lowest BCUT2D eigenvalue weighted by atomic mass is 9.97. The van der Waals surface area contributed by atoms with Crippen LogP contribution in [0.25, 0.3) is 4.85 Å². The van der Waals surface area contributed by atoms with Crippen LogP contribution in [0.15, 0.2) is 12.1 Å². The van der Waals surface area contributed by atoms with Crippen molar-refractivity contribution >= 4 is 5.69 Å². The van der Waals surface area contributed by atoms with Crippen molar-refractivity contribution in [2.24, 2.45) is 0 Å². The zero-order valence-corrected chi connectivity index (χ0v) is 8.06. The van der Waals surface area contributed by atoms with Gasteiger partial charge in [0.15, 0.2) is 5.69 Å². The van der Waals surface area contributed by atoms with Crippen LogP contribution in [-0.2, 0) is 0 Å². The topological polar surface area (TPSA) is 4.36 Å². The molecule has 0 heterocycles. The van der Waals surface area contributed by atoms with E-state index in [2.05, 4.69) is 4.85 Å². The Kier molecular flexibility index (Phi) is 2.67. The van der Waals surface area contributed by atoms with Crippen LogP contribution in [0.4, 0.5) is 10.1 Å². The highest BCUT2D eigenvalue weighted by Crippen LogP contribution is 2.27. The molecule has 1 rings (SSSR count). The van der Waals surface area contributed by atoms with Crippen molar-refractivity contribution in [3.05, 3.63) is 40.5 Å². The second kappa shape index (κ2) is 3.57. The second-order valence-corrected chi connectivity index (χ2v) is 3.42. The summed E-state index contributed by atoms with van der Waals surface area (Å²) in [5, 5.41) is 0. The van der Waals surface area contributed by atoms with Crippen LogP contribution in [0.2, 0.25) is 0 Å². The third-order valence-corrected chi connectivity index (χ3v) is 2.03. The Hall–Kier alpha value is -1.36. The zero-order valence-electron chi connectivity index (χ0n) is 8.06. The predicted octanol–water partition coefficient (Wildman–Crippen LogP) is 3.81. The van der Waals surface area contributed by atoms with Crippen molar-refractivity contribution in [2.75, 3.05) is 0 Å². The summed E-state index contributed by atoms with van der Waals surface area (Å²) in [6.07, 6.45) is 0. The first-order valence-corrected chi connectivity index (χ1v) is 4.23. The molecule has 0 spiro atoms. The van der Waals surface area contributed by atoms with Crippen molar-refractivity contribution in [2.45, 2.75) is 26.7 Å². The van der Waals surface area contributed by atoms with Crippen molar-refractivity contribution in [3.63, 3.8) is 0 Å². The Bertz CT molecular complexity index is 338. The summed E-state index contributed by atoms with van der Waals surface area (Å²) in [6.45, 7) is 12.5. The van der Waals surface area contributed by atoms with Gasteiger partial charge in [-0.2, -0.15) is 0 Å². The number of hydrogen-bond acceptors (Lipinski definition) is 0. The average Bonchev–Trinajstić information content (AvgIpc) is 2.02. The minimum absolute atomic E-state index is 0.166. The molecule has 0 aliphatic carbocycles. The molecular weight excluding hydrogens is 165 g/mol. The van der Waals surface area contributed by atoms with Gasteiger partial charge >= 0.3 is 0 Å². The van der Waals surface area contributed by atoms with Crippen LogP contribution in [0, 0.1) is 19.3 Å². The van der Waals surface area contributed by atoms with E-state index in [-0.39, 0.29) is 11.7 Å². The summed E-state index contributed by atoms with van der Waals surface area (Å²) in [5.41, 5.74) is 1.95. The summed E-state index contributed by atoms with van der Waals surface area (Å²) in [6, 6.07) is 3.03. The maximum Gasteiger partial charge on any atom is 0.190 e. The molecule has 13 heavy (non-hydrogen) atoms. The first-order chi connectivity index (χ1) is 6.06. The fourth-order valence-electron chi connectivity index (χ4n) is 1.53. The molecule has 0 atom stereocenters. The Balaban J connectivity index is 3.33. The zero-order chi connectivity index (χ0) is 10.0. The second-order valence-electron chi connectivity index (χ2n) is 3.42. The quantitative estimate of drug-likeness (QED) is 0.574. The normalized spacial score (nSPS) is 10.2. The Morgan fingerprint density at radius 2 is 2.00 bits per heavy atom. The van der Waals surface area contributed by atoms with Gasteiger partial charge in [0.05, 0.1) is 6.57 Å². The fraction of sp³-hybridized carbons (Fsp3) is 0.364. The van der Waals surface area contributed by atoms with Gasteiger partial charge in [-0.15, -0.1) is 0 Å². The van der Waals surface area contributed by atoms with Gasteiger partial charge in [-0.1, -0.05) is 25.5 Å². The summed E-state index contributed by atoms with van der Waals surface area (Å²) < 4.78 is 13.4. The van der Waals surface area contributed by atoms with Gasteiger partial charge in [0.25, 0.3) is 0 Å². The fourth-order valence-corrected chi connectivity index (χ4v) is 1.53. The molecule has 0 saturated heterocycles. The molecule has 0 aliphatic heterocycles. The largest absolute Gasteiger partial charge is 0.238 e. The van der Waals surface area contributed by atoms with Crippen molar-refractivity contribution in [1.29, 1.82) is 0 Å². The van der Waals surface area contributed by atoms with Crippen LogP contribution < -0.4 is 0 Å². The number of rotatable bonds is 1. The molecule has 68 valence electrons. The van der Waals surface area contributed by atoms with E-state index in [0.717, 1.165) is 5.56 Å². The Morgan fingerprint density at radius 3 is 2.38 bits per heavy atom. The molecule has 0 aliphatic rings. The summed E-state index contributed by atoms with van der Waals surface area (Å²) >= 11 is 0. The Morgan fingerprint density at radius 1 is 1.38 bits per heavy atom. The predicted molar refractivity (Wildman–Crippen MR) is 51.5 cm³/mol. The van der Waals surface area contributed by atoms with E-state index in [1.807, 2.05) is 20.8 Å². The van der Waals surface area contributed by atoms with Crippen molar-refractivity contribution in [3.8, 4) is 0 Å². The molecule has 1 aromatic rings. The maximum absolute atomic E-state index is 13.4. The van der Waals surface area contributed by atoms with Crippen LogP contribution in [0.5, 0.6) is 0 Å². The lowest BCUT2D eigenvalue weighted by Gasteiger charge is -2.11. The van der Waals surface area contributed by atoms with Gasteiger partial charge in [-0.3, -0.25) is 0 Å². The molecule has 0 fully saturated rings. The van der Waals surface area contributed by atoms with Gasteiger partial charge in [0.1, 0.15) is 5.82 Å². The molecule has 0 amide bonds. The summed E-state index contributed by atoms with van der Waals surface area (Å²) in [4.78, 5) is 3.20. The van der Waals surface area contributed by atoms with E-state index in [4.69, 9.17) is 6.57 Å². The standard InChI is InChI=1S/C11H12FN/c1-7(2)11-8(3)5-9(13-4)6-10(11)12/h5-7H,1-3H3. The highest BCUT2D eigenvalue weighted by Gasteiger charge is 2.10. The minimum atomic E-state index is -0.263. The molecule has 0 bridgehead atoms. The smallest absolute Gasteiger partial charge is 0.190 e. The molecule has 0 aromatic heterocycles. The van der Waals surface area contributed by atoms with Crippen molar-refractivity contribution in [1.82, 2.24) is 0 Å². The van der Waals surface area contributed by atoms with Crippen LogP contribution in [0.3, 0.4) is 0 Å². The number of benzene rings is 1. The highest BCUT2D eigenvalue weighted by molar-refractivity contribution is 5.50. The monoisotopic (exact) mass is 177 g/mol. The summed E-state index contributed by atoms with van der Waals surface area (Å²) in [5.74, 6) is -0.0965. The van der Waals surface area contributed by atoms with Crippen LogP contribution in [0.1, 0.15) is 30.9 Å². The average molecular weight is 177 g/mol. The molecule has 0 unspecified atom stereocenters. The van der Waals surface area contributed by atoms with E-state index in [1.54, 1.807) is 6.07 Å². The summed E-state index contributed by atoms with van der Waals surface area (Å²) in [7, 11) is 0. The van der Waals surface area contributed by atoms with Crippen LogP contribution in [-0.4, -0.2) is 0 Å². The number of hydrogen-bond donors (Lipinski definition) is 0. The van der Waals surface area contributed by atoms with Gasteiger partial charge in [0, 0.05) is 0 Å². The van der Waals surface area contributed by atoms with Gasteiger partial charge in [0.2, 0.25) is 0 Å². The molecule has 0 saturated carbocycles. The third kappa shape index (κ3) is 1.86. The molecular formula is C11H12FN. The number of nitrogens with zero attached hydrogens (tertiary/aromatic N) is 1. The molecule has 2 heteroatoms. The van der Waals surface area contributed by atoms with E-state index in [1.165, 1.54) is 6.07 Å². The first-order valence-electron chi connectivity index (χ1n) is 4.23. The number of aryl methyl sites for hydroxylation is 1. The highest BCUT2D eigenvalue weighted by atomic mass is 19.1. The van der Waals surface area contributed by atoms with E-state index in [0.29, 0.717) is 11.3 Å². The molecule has 1 aromatic carbocycles. The SMILES string of the molecule is [C-]#[N+]c1cc(C)c(C(C)C)c(F)c1. The minimum Gasteiger partial charge on any atom is -0.238 e. The molecule has 0 N–H and O–H groups in total. The van der Waals surface area contributed by atoms with Crippen LogP contribution >= 0.6 is 0 Å². The lowest BCUT2D eigenvalue weighted by Crippen LogP contribution is -1.96. The van der Waals surface area contributed by atoms with Gasteiger partial charge in [-0.25, -0.2) is 9.24 Å². The third-order valence-electron chi connectivity index (χ3n) is 2.03. The lowest BCUT2D eigenvalue weighted by molar-refractivity contribution is 0.596. The van der Waals surface area contributed by atoms with E-state index >= 15 is 0 Å². The van der Waals surface area contributed by atoms with E-state index in [9.17, 15) is 4.39 Å².